The number of rotatable bonds is 3. The molecule has 74 valence electrons. The van der Waals surface area contributed by atoms with E-state index in [0.717, 1.165) is 11.0 Å². The number of aromatic nitrogens is 5. The molecule has 0 amide bonds. The smallest absolute Gasteiger partial charge is 0.205 e. The van der Waals surface area contributed by atoms with Crippen molar-refractivity contribution in [2.45, 2.75) is 13.0 Å². The van der Waals surface area contributed by atoms with Gasteiger partial charge in [0, 0.05) is 7.05 Å². The fourth-order valence-corrected chi connectivity index (χ4v) is 1.70. The van der Waals surface area contributed by atoms with Gasteiger partial charge in [-0.3, -0.25) is 0 Å². The number of nitrogens with one attached hydrogen (secondary N) is 1. The van der Waals surface area contributed by atoms with Gasteiger partial charge in [0.05, 0.1) is 6.04 Å². The molecule has 0 spiro atoms. The molecule has 1 N–H and O–H groups in total. The van der Waals surface area contributed by atoms with Gasteiger partial charge >= 0.3 is 0 Å². The second-order valence-corrected chi connectivity index (χ2v) is 3.74. The third-order valence-corrected chi connectivity index (χ3v) is 2.46. The normalized spacial score (nSPS) is 12.7. The molecule has 14 heavy (non-hydrogen) atoms. The van der Waals surface area contributed by atoms with Crippen molar-refractivity contribution in [2.75, 3.05) is 5.32 Å². The van der Waals surface area contributed by atoms with Crippen LogP contribution in [0.25, 0.3) is 0 Å². The number of anilines is 1. The molecule has 0 aliphatic heterocycles. The molecule has 2 aromatic rings. The number of hydrogen-bond acceptors (Lipinski definition) is 6. The van der Waals surface area contributed by atoms with Crippen molar-refractivity contribution < 1.29 is 0 Å². The third kappa shape index (κ3) is 1.72. The van der Waals surface area contributed by atoms with Crippen LogP contribution in [-0.4, -0.2) is 25.0 Å². The van der Waals surface area contributed by atoms with Gasteiger partial charge in [-0.25, -0.2) is 0 Å². The Labute approximate surface area is 85.0 Å². The summed E-state index contributed by atoms with van der Waals surface area (Å²) in [7, 11) is 1.91. The fraction of sp³-hybridized carbons (Fsp3) is 0.429. The Balaban J connectivity index is 2.10. The molecule has 7 heteroatoms. The first kappa shape index (κ1) is 9.07. The summed E-state index contributed by atoms with van der Waals surface area (Å²) in [5.74, 6) is 0.875. The maximum Gasteiger partial charge on any atom is 0.205 e. The third-order valence-electron chi connectivity index (χ3n) is 1.83. The molecule has 0 aliphatic rings. The Morgan fingerprint density at radius 1 is 1.43 bits per heavy atom. The van der Waals surface area contributed by atoms with Crippen molar-refractivity contribution >= 4 is 16.5 Å². The van der Waals surface area contributed by atoms with Crippen molar-refractivity contribution in [3.63, 3.8) is 0 Å². The standard InChI is InChI=1S/C7H10N6S/c1-5(6-11-8-3-13(6)2)10-7-12-9-4-14-7/h3-5H,1-2H3,(H,10,12). The minimum atomic E-state index is 0.0791. The maximum atomic E-state index is 4.00. The molecule has 2 rings (SSSR count). The lowest BCUT2D eigenvalue weighted by atomic mass is 10.3. The number of nitrogens with zero attached hydrogens (tertiary/aromatic N) is 5. The van der Waals surface area contributed by atoms with Crippen LogP contribution in [0.5, 0.6) is 0 Å². The lowest BCUT2D eigenvalue weighted by Crippen LogP contribution is -2.11. The van der Waals surface area contributed by atoms with Gasteiger partial charge in [0.15, 0.2) is 5.82 Å². The minimum Gasteiger partial charge on any atom is -0.350 e. The second-order valence-electron chi connectivity index (χ2n) is 2.91. The van der Waals surface area contributed by atoms with E-state index in [0.29, 0.717) is 0 Å². The van der Waals surface area contributed by atoms with Crippen LogP contribution in [0.2, 0.25) is 0 Å². The van der Waals surface area contributed by atoms with Crippen molar-refractivity contribution in [1.29, 1.82) is 0 Å². The molecule has 0 aliphatic carbocycles. The molecule has 1 unspecified atom stereocenters. The fourth-order valence-electron chi connectivity index (χ4n) is 1.17. The molecule has 0 bridgehead atoms. The van der Waals surface area contributed by atoms with E-state index in [2.05, 4.69) is 25.7 Å². The zero-order valence-electron chi connectivity index (χ0n) is 7.88. The van der Waals surface area contributed by atoms with Crippen molar-refractivity contribution in [3.8, 4) is 0 Å². The summed E-state index contributed by atoms with van der Waals surface area (Å²) < 4.78 is 1.87. The minimum absolute atomic E-state index is 0.0791. The first-order valence-corrected chi connectivity index (χ1v) is 5.02. The Hall–Kier alpha value is -1.50. The lowest BCUT2D eigenvalue weighted by Gasteiger charge is -2.10. The predicted octanol–water partition coefficient (Wildman–Crippen LogP) is 0.840. The molecule has 0 saturated heterocycles. The van der Waals surface area contributed by atoms with Crippen molar-refractivity contribution in [2.24, 2.45) is 7.05 Å². The highest BCUT2D eigenvalue weighted by Crippen LogP contribution is 2.17. The summed E-state index contributed by atoms with van der Waals surface area (Å²) in [4.78, 5) is 0. The van der Waals surface area contributed by atoms with E-state index in [-0.39, 0.29) is 6.04 Å². The monoisotopic (exact) mass is 210 g/mol. The van der Waals surface area contributed by atoms with E-state index in [1.807, 2.05) is 18.5 Å². The Bertz CT molecular complexity index is 394. The van der Waals surface area contributed by atoms with E-state index in [1.54, 1.807) is 11.8 Å². The van der Waals surface area contributed by atoms with Crippen molar-refractivity contribution in [1.82, 2.24) is 25.0 Å². The largest absolute Gasteiger partial charge is 0.350 e. The molecule has 2 heterocycles. The maximum absolute atomic E-state index is 4.00. The van der Waals surface area contributed by atoms with Gasteiger partial charge in [0.1, 0.15) is 11.8 Å². The predicted molar refractivity (Wildman–Crippen MR) is 52.9 cm³/mol. The first-order valence-electron chi connectivity index (χ1n) is 4.14. The lowest BCUT2D eigenvalue weighted by molar-refractivity contribution is 0.717. The number of aryl methyl sites for hydroxylation is 1. The van der Waals surface area contributed by atoms with Crippen LogP contribution < -0.4 is 5.32 Å². The zero-order chi connectivity index (χ0) is 9.97. The van der Waals surface area contributed by atoms with Crippen LogP contribution in [0.15, 0.2) is 11.8 Å². The molecule has 0 fully saturated rings. The second kappa shape index (κ2) is 3.70. The summed E-state index contributed by atoms with van der Waals surface area (Å²) in [5.41, 5.74) is 1.69. The van der Waals surface area contributed by atoms with Crippen LogP contribution in [0, 0.1) is 0 Å². The van der Waals surface area contributed by atoms with Gasteiger partial charge in [0.2, 0.25) is 5.13 Å². The Kier molecular flexibility index (Phi) is 2.40. The summed E-state index contributed by atoms with van der Waals surface area (Å²) in [6, 6.07) is 0.0791. The van der Waals surface area contributed by atoms with Gasteiger partial charge < -0.3 is 9.88 Å². The van der Waals surface area contributed by atoms with E-state index in [1.165, 1.54) is 11.3 Å². The van der Waals surface area contributed by atoms with E-state index >= 15 is 0 Å². The van der Waals surface area contributed by atoms with Gasteiger partial charge in [-0.05, 0) is 6.92 Å². The Morgan fingerprint density at radius 2 is 2.29 bits per heavy atom. The molecule has 0 saturated carbocycles. The number of hydrogen-bond donors (Lipinski definition) is 1. The quantitative estimate of drug-likeness (QED) is 0.813. The summed E-state index contributed by atoms with van der Waals surface area (Å²) >= 11 is 1.46. The summed E-state index contributed by atoms with van der Waals surface area (Å²) in [5, 5.41) is 19.4. The SMILES string of the molecule is CC(Nc1nncs1)c1nncn1C. The van der Waals surface area contributed by atoms with Crippen LogP contribution in [0.1, 0.15) is 18.8 Å². The summed E-state index contributed by atoms with van der Waals surface area (Å²) in [6.07, 6.45) is 1.67. The zero-order valence-corrected chi connectivity index (χ0v) is 8.69. The Morgan fingerprint density at radius 3 is 2.86 bits per heavy atom. The van der Waals surface area contributed by atoms with Crippen LogP contribution in [0.3, 0.4) is 0 Å². The first-order chi connectivity index (χ1) is 6.77. The van der Waals surface area contributed by atoms with Crippen LogP contribution >= 0.6 is 11.3 Å². The molecule has 0 radical (unpaired) electrons. The van der Waals surface area contributed by atoms with E-state index in [9.17, 15) is 0 Å². The van der Waals surface area contributed by atoms with Crippen molar-refractivity contribution in [3.05, 3.63) is 17.7 Å². The van der Waals surface area contributed by atoms with Gasteiger partial charge in [0.25, 0.3) is 0 Å². The molecule has 2 aromatic heterocycles. The van der Waals surface area contributed by atoms with Crippen LogP contribution in [0.4, 0.5) is 5.13 Å². The highest BCUT2D eigenvalue weighted by molar-refractivity contribution is 7.13. The molecular weight excluding hydrogens is 200 g/mol. The average Bonchev–Trinajstić information content (AvgIpc) is 2.75. The van der Waals surface area contributed by atoms with E-state index < -0.39 is 0 Å². The molecule has 6 nitrogen and oxygen atoms in total. The van der Waals surface area contributed by atoms with Gasteiger partial charge in [-0.1, -0.05) is 11.3 Å². The van der Waals surface area contributed by atoms with E-state index in [4.69, 9.17) is 0 Å². The van der Waals surface area contributed by atoms with Gasteiger partial charge in [-0.15, -0.1) is 20.4 Å². The molecule has 0 aromatic carbocycles. The topological polar surface area (TPSA) is 68.5 Å². The highest BCUT2D eigenvalue weighted by Gasteiger charge is 2.11. The molecule has 1 atom stereocenters. The molecular formula is C7H10N6S. The van der Waals surface area contributed by atoms with Crippen LogP contribution in [-0.2, 0) is 7.05 Å². The average molecular weight is 210 g/mol. The highest BCUT2D eigenvalue weighted by atomic mass is 32.1. The summed E-state index contributed by atoms with van der Waals surface area (Å²) in [6.45, 7) is 2.01. The van der Waals surface area contributed by atoms with Gasteiger partial charge in [-0.2, -0.15) is 0 Å².